The van der Waals surface area contributed by atoms with E-state index in [1.165, 1.54) is 12.1 Å². The molecule has 2 heterocycles. The molecule has 0 bridgehead atoms. The summed E-state index contributed by atoms with van der Waals surface area (Å²) in [5.74, 6) is -0.584. The third-order valence-electron chi connectivity index (χ3n) is 2.80. The van der Waals surface area contributed by atoms with Crippen LogP contribution in [0.5, 0.6) is 0 Å². The van der Waals surface area contributed by atoms with E-state index in [0.717, 1.165) is 19.1 Å². The van der Waals surface area contributed by atoms with Crippen LogP contribution >= 0.6 is 0 Å². The summed E-state index contributed by atoms with van der Waals surface area (Å²) in [5.41, 5.74) is -0.287. The number of rotatable bonds is 2. The molecule has 0 radical (unpaired) electrons. The molecule has 1 aromatic heterocycles. The minimum Gasteiger partial charge on any atom is -0.430 e. The second kappa shape index (κ2) is 5.48. The lowest BCUT2D eigenvalue weighted by Crippen LogP contribution is -2.45. The second-order valence-electron chi connectivity index (χ2n) is 4.16. The van der Waals surface area contributed by atoms with Gasteiger partial charge in [0.1, 0.15) is 12.3 Å². The van der Waals surface area contributed by atoms with Crippen molar-refractivity contribution < 1.29 is 14.0 Å². The molecule has 0 saturated carbocycles. The summed E-state index contributed by atoms with van der Waals surface area (Å²) in [7, 11) is 0. The van der Waals surface area contributed by atoms with Gasteiger partial charge >= 0.3 is 5.63 Å². The van der Waals surface area contributed by atoms with Gasteiger partial charge in [-0.3, -0.25) is 9.59 Å². The number of nitrogens with one attached hydrogen (secondary N) is 2. The van der Waals surface area contributed by atoms with Crippen LogP contribution in [0.15, 0.2) is 27.6 Å². The minimum absolute atomic E-state index is 0.168. The van der Waals surface area contributed by atoms with E-state index in [1.807, 2.05) is 0 Å². The Morgan fingerprint density at radius 1 is 1.33 bits per heavy atom. The molecule has 1 saturated heterocycles. The van der Waals surface area contributed by atoms with Gasteiger partial charge in [0.2, 0.25) is 5.91 Å². The van der Waals surface area contributed by atoms with Gasteiger partial charge in [0.15, 0.2) is 0 Å². The van der Waals surface area contributed by atoms with Crippen molar-refractivity contribution in [3.63, 3.8) is 0 Å². The van der Waals surface area contributed by atoms with Crippen molar-refractivity contribution in [2.24, 2.45) is 0 Å². The molecule has 1 atom stereocenters. The van der Waals surface area contributed by atoms with E-state index in [1.54, 1.807) is 0 Å². The summed E-state index contributed by atoms with van der Waals surface area (Å²) in [6.45, 7) is 0.644. The predicted octanol–water partition coefficient (Wildman–Crippen LogP) is 0.0383. The molecule has 1 aliphatic heterocycles. The Hall–Kier alpha value is -2.11. The van der Waals surface area contributed by atoms with Gasteiger partial charge in [0.25, 0.3) is 5.91 Å². The highest BCUT2D eigenvalue weighted by atomic mass is 16.4. The van der Waals surface area contributed by atoms with E-state index in [0.29, 0.717) is 13.0 Å². The Morgan fingerprint density at radius 3 is 2.89 bits per heavy atom. The molecule has 18 heavy (non-hydrogen) atoms. The van der Waals surface area contributed by atoms with Crippen molar-refractivity contribution >= 4 is 11.8 Å². The maximum Gasteiger partial charge on any atom is 0.335 e. The van der Waals surface area contributed by atoms with Crippen LogP contribution in [0.1, 0.15) is 29.6 Å². The molecule has 6 heteroatoms. The van der Waals surface area contributed by atoms with Crippen LogP contribution in [0.2, 0.25) is 0 Å². The molecule has 6 nitrogen and oxygen atoms in total. The molecular formula is C12H14N2O4. The smallest absolute Gasteiger partial charge is 0.335 e. The van der Waals surface area contributed by atoms with Crippen LogP contribution in [0.25, 0.3) is 0 Å². The first-order valence-electron chi connectivity index (χ1n) is 5.84. The van der Waals surface area contributed by atoms with Crippen molar-refractivity contribution in [2.45, 2.75) is 25.3 Å². The monoisotopic (exact) mass is 250 g/mol. The third-order valence-corrected chi connectivity index (χ3v) is 2.80. The zero-order valence-corrected chi connectivity index (χ0v) is 9.77. The Balaban J connectivity index is 2.03. The quantitative estimate of drug-likeness (QED) is 0.775. The van der Waals surface area contributed by atoms with E-state index in [-0.39, 0.29) is 11.5 Å². The number of hydrogen-bond acceptors (Lipinski definition) is 4. The van der Waals surface area contributed by atoms with Crippen LogP contribution in [-0.4, -0.2) is 24.4 Å². The average Bonchev–Trinajstić information content (AvgIpc) is 2.56. The predicted molar refractivity (Wildman–Crippen MR) is 63.1 cm³/mol. The van der Waals surface area contributed by atoms with Gasteiger partial charge in [0.05, 0.1) is 5.56 Å². The number of amides is 2. The van der Waals surface area contributed by atoms with Crippen molar-refractivity contribution in [2.75, 3.05) is 6.54 Å². The minimum atomic E-state index is -0.521. The number of carbonyl (C=O) groups excluding carboxylic acids is 2. The van der Waals surface area contributed by atoms with Crippen LogP contribution in [0.3, 0.4) is 0 Å². The summed E-state index contributed by atoms with van der Waals surface area (Å²) in [5, 5.41) is 5.36. The Kier molecular flexibility index (Phi) is 3.76. The highest BCUT2D eigenvalue weighted by Gasteiger charge is 2.22. The number of carbonyl (C=O) groups is 2. The lowest BCUT2D eigenvalue weighted by molar-refractivity contribution is -0.122. The summed E-state index contributed by atoms with van der Waals surface area (Å²) < 4.78 is 4.60. The molecular weight excluding hydrogens is 236 g/mol. The van der Waals surface area contributed by atoms with Crippen molar-refractivity contribution in [3.05, 3.63) is 34.4 Å². The van der Waals surface area contributed by atoms with E-state index >= 15 is 0 Å². The lowest BCUT2D eigenvalue weighted by atomic mass is 10.1. The Morgan fingerprint density at radius 2 is 2.17 bits per heavy atom. The van der Waals surface area contributed by atoms with Crippen LogP contribution in [0, 0.1) is 0 Å². The highest BCUT2D eigenvalue weighted by molar-refractivity contribution is 5.97. The van der Waals surface area contributed by atoms with E-state index < -0.39 is 17.6 Å². The third kappa shape index (κ3) is 2.97. The maximum atomic E-state index is 11.8. The molecule has 2 amide bonds. The molecule has 96 valence electrons. The maximum absolute atomic E-state index is 11.8. The largest absolute Gasteiger partial charge is 0.430 e. The fourth-order valence-electron chi connectivity index (χ4n) is 1.81. The molecule has 2 rings (SSSR count). The van der Waals surface area contributed by atoms with Crippen LogP contribution in [0.4, 0.5) is 0 Å². The zero-order chi connectivity index (χ0) is 13.0. The fraction of sp³-hybridized carbons (Fsp3) is 0.417. The summed E-state index contributed by atoms with van der Waals surface area (Å²) in [6.07, 6.45) is 3.51. The van der Waals surface area contributed by atoms with Gasteiger partial charge < -0.3 is 15.1 Å². The first kappa shape index (κ1) is 12.3. The van der Waals surface area contributed by atoms with E-state index in [2.05, 4.69) is 15.1 Å². The van der Waals surface area contributed by atoms with E-state index in [4.69, 9.17) is 0 Å². The summed E-state index contributed by atoms with van der Waals surface area (Å²) in [6, 6.07) is 2.02. The van der Waals surface area contributed by atoms with Gasteiger partial charge in [0, 0.05) is 12.6 Å². The van der Waals surface area contributed by atoms with Gasteiger partial charge in [-0.2, -0.15) is 0 Å². The molecule has 0 aliphatic carbocycles. The zero-order valence-electron chi connectivity index (χ0n) is 9.77. The molecule has 0 spiro atoms. The first-order valence-corrected chi connectivity index (χ1v) is 5.84. The summed E-state index contributed by atoms with van der Waals surface area (Å²) in [4.78, 5) is 34.2. The van der Waals surface area contributed by atoms with Gasteiger partial charge in [-0.1, -0.05) is 0 Å². The van der Waals surface area contributed by atoms with Crippen molar-refractivity contribution in [1.29, 1.82) is 0 Å². The topological polar surface area (TPSA) is 88.4 Å². The fourth-order valence-corrected chi connectivity index (χ4v) is 1.81. The standard InChI is InChI=1S/C12H14N2O4/c15-10-5-4-8(7-18-10)11(16)14-9-3-1-2-6-13-12(9)17/h4-5,7,9H,1-3,6H2,(H,13,17)(H,14,16)/t9-/m1/s1. The van der Waals surface area contributed by atoms with Crippen LogP contribution in [-0.2, 0) is 4.79 Å². The average molecular weight is 250 g/mol. The first-order chi connectivity index (χ1) is 8.66. The van der Waals surface area contributed by atoms with Crippen molar-refractivity contribution in [1.82, 2.24) is 10.6 Å². The normalized spacial score (nSPS) is 19.8. The second-order valence-corrected chi connectivity index (χ2v) is 4.16. The Bertz CT molecular complexity index is 489. The van der Waals surface area contributed by atoms with Crippen LogP contribution < -0.4 is 16.3 Å². The van der Waals surface area contributed by atoms with Gasteiger partial charge in [-0.05, 0) is 25.3 Å². The molecule has 1 aromatic rings. The molecule has 1 aliphatic rings. The Labute approximate surface area is 103 Å². The van der Waals surface area contributed by atoms with Gasteiger partial charge in [-0.25, -0.2) is 4.79 Å². The highest BCUT2D eigenvalue weighted by Crippen LogP contribution is 2.06. The van der Waals surface area contributed by atoms with Gasteiger partial charge in [-0.15, -0.1) is 0 Å². The summed E-state index contributed by atoms with van der Waals surface area (Å²) >= 11 is 0. The lowest BCUT2D eigenvalue weighted by Gasteiger charge is -2.14. The molecule has 2 N–H and O–H groups in total. The van der Waals surface area contributed by atoms with Crippen molar-refractivity contribution in [3.8, 4) is 0 Å². The SMILES string of the molecule is O=C(N[C@@H]1CCCCNC1=O)c1ccc(=O)oc1. The molecule has 0 aromatic carbocycles. The molecule has 0 unspecified atom stereocenters. The molecule has 1 fully saturated rings. The van der Waals surface area contributed by atoms with E-state index in [9.17, 15) is 14.4 Å². The number of hydrogen-bond donors (Lipinski definition) is 2.